The highest BCUT2D eigenvalue weighted by Crippen LogP contribution is 2.36. The van der Waals surface area contributed by atoms with Crippen LogP contribution in [0.5, 0.6) is 5.88 Å². The Kier molecular flexibility index (Phi) is 4.64. The van der Waals surface area contributed by atoms with Crippen molar-refractivity contribution >= 4 is 12.6 Å². The first-order valence-electron chi connectivity index (χ1n) is 7.73. The van der Waals surface area contributed by atoms with Gasteiger partial charge in [-0.05, 0) is 52.6 Å². The summed E-state index contributed by atoms with van der Waals surface area (Å²) in [7, 11) is -0.373. The highest BCUT2D eigenvalue weighted by molar-refractivity contribution is 6.62. The zero-order valence-corrected chi connectivity index (χ0v) is 14.0. The Labute approximate surface area is 128 Å². The molecule has 4 nitrogen and oxygen atoms in total. The lowest BCUT2D eigenvalue weighted by atomic mass is 9.80. The maximum absolute atomic E-state index is 6.05. The Bertz CT molecular complexity index is 474. The van der Waals surface area contributed by atoms with Crippen LogP contribution in [0.4, 0.5) is 0 Å². The third-order valence-electron chi connectivity index (χ3n) is 4.30. The van der Waals surface area contributed by atoms with Gasteiger partial charge in [0, 0.05) is 12.3 Å². The average Bonchev–Trinajstić information content (AvgIpc) is 2.59. The first-order valence-corrected chi connectivity index (χ1v) is 7.73. The van der Waals surface area contributed by atoms with Crippen molar-refractivity contribution < 1.29 is 14.0 Å². The van der Waals surface area contributed by atoms with Crippen LogP contribution < -0.4 is 10.2 Å². The molecule has 1 fully saturated rings. The van der Waals surface area contributed by atoms with Crippen molar-refractivity contribution in [2.45, 2.75) is 71.7 Å². The van der Waals surface area contributed by atoms with Crippen molar-refractivity contribution in [1.29, 1.82) is 0 Å². The van der Waals surface area contributed by atoms with E-state index in [0.717, 1.165) is 18.3 Å². The molecular weight excluding hydrogens is 265 g/mol. The van der Waals surface area contributed by atoms with E-state index in [1.165, 1.54) is 0 Å². The second kappa shape index (κ2) is 5.97. The second-order valence-corrected chi connectivity index (χ2v) is 6.73. The van der Waals surface area contributed by atoms with Crippen LogP contribution in [0.3, 0.4) is 0 Å². The van der Waals surface area contributed by atoms with Crippen molar-refractivity contribution in [3.05, 3.63) is 18.3 Å². The van der Waals surface area contributed by atoms with E-state index in [-0.39, 0.29) is 24.4 Å². The molecule has 0 unspecified atom stereocenters. The van der Waals surface area contributed by atoms with Crippen LogP contribution >= 0.6 is 0 Å². The van der Waals surface area contributed by atoms with Gasteiger partial charge in [0.15, 0.2) is 0 Å². The van der Waals surface area contributed by atoms with Crippen molar-refractivity contribution in [2.24, 2.45) is 0 Å². The lowest BCUT2D eigenvalue weighted by Gasteiger charge is -2.32. The van der Waals surface area contributed by atoms with E-state index < -0.39 is 0 Å². The molecule has 21 heavy (non-hydrogen) atoms. The van der Waals surface area contributed by atoms with Gasteiger partial charge in [-0.25, -0.2) is 4.98 Å². The van der Waals surface area contributed by atoms with Gasteiger partial charge in [0.1, 0.15) is 0 Å². The van der Waals surface area contributed by atoms with E-state index in [0.29, 0.717) is 5.88 Å². The number of pyridine rings is 1. The molecule has 2 rings (SSSR count). The molecule has 0 aliphatic carbocycles. The predicted molar refractivity (Wildman–Crippen MR) is 85.0 cm³/mol. The molecule has 1 aromatic rings. The Morgan fingerprint density at radius 3 is 2.43 bits per heavy atom. The number of hydrogen-bond donors (Lipinski definition) is 0. The Balaban J connectivity index is 2.12. The molecule has 0 spiro atoms. The smallest absolute Gasteiger partial charge is 0.475 e. The summed E-state index contributed by atoms with van der Waals surface area (Å²) >= 11 is 0. The molecule has 116 valence electrons. The highest BCUT2D eigenvalue weighted by Gasteiger charge is 2.51. The van der Waals surface area contributed by atoms with Crippen LogP contribution in [0, 0.1) is 0 Å². The standard InChI is InChI=1S/C16H26BNO3/c1-7-8-12(2)19-14-11-13(9-10-18-14)17-20-15(3,4)16(5,6)21-17/h9-12H,7-8H2,1-6H3/t12-/m0/s1. The zero-order chi connectivity index (χ0) is 15.7. The maximum Gasteiger partial charge on any atom is 0.495 e. The Morgan fingerprint density at radius 2 is 1.86 bits per heavy atom. The molecule has 1 aromatic heterocycles. The van der Waals surface area contributed by atoms with Gasteiger partial charge in [0.2, 0.25) is 5.88 Å². The maximum atomic E-state index is 6.05. The van der Waals surface area contributed by atoms with Gasteiger partial charge >= 0.3 is 7.12 Å². The summed E-state index contributed by atoms with van der Waals surface area (Å²) in [5.74, 6) is 0.628. The molecule has 2 heterocycles. The third-order valence-corrected chi connectivity index (χ3v) is 4.30. The fourth-order valence-corrected chi connectivity index (χ4v) is 2.29. The van der Waals surface area contributed by atoms with Crippen LogP contribution in [0.1, 0.15) is 54.4 Å². The Morgan fingerprint density at radius 1 is 1.24 bits per heavy atom. The van der Waals surface area contributed by atoms with Crippen LogP contribution in [0.15, 0.2) is 18.3 Å². The molecular formula is C16H26BNO3. The largest absolute Gasteiger partial charge is 0.495 e. The minimum Gasteiger partial charge on any atom is -0.475 e. The molecule has 0 radical (unpaired) electrons. The first kappa shape index (κ1) is 16.3. The SMILES string of the molecule is CCC[C@H](C)Oc1cc(B2OC(C)(C)C(C)(C)O2)ccn1. The second-order valence-electron chi connectivity index (χ2n) is 6.73. The van der Waals surface area contributed by atoms with Crippen molar-refractivity contribution in [3.63, 3.8) is 0 Å². The number of nitrogens with zero attached hydrogens (tertiary/aromatic N) is 1. The topological polar surface area (TPSA) is 40.6 Å². The van der Waals surface area contributed by atoms with Gasteiger partial charge < -0.3 is 14.0 Å². The van der Waals surface area contributed by atoms with Crippen molar-refractivity contribution in [1.82, 2.24) is 4.98 Å². The van der Waals surface area contributed by atoms with E-state index >= 15 is 0 Å². The van der Waals surface area contributed by atoms with E-state index in [9.17, 15) is 0 Å². The van der Waals surface area contributed by atoms with Crippen LogP contribution in [0.2, 0.25) is 0 Å². The fourth-order valence-electron chi connectivity index (χ4n) is 2.29. The van der Waals surface area contributed by atoms with E-state index in [4.69, 9.17) is 14.0 Å². The first-order chi connectivity index (χ1) is 9.75. The molecule has 5 heteroatoms. The fraction of sp³-hybridized carbons (Fsp3) is 0.688. The van der Waals surface area contributed by atoms with Gasteiger partial charge in [-0.3, -0.25) is 0 Å². The molecule has 0 bridgehead atoms. The minimum atomic E-state index is -0.373. The minimum absolute atomic E-state index is 0.163. The lowest BCUT2D eigenvalue weighted by Crippen LogP contribution is -2.41. The summed E-state index contributed by atoms with van der Waals surface area (Å²) in [6, 6.07) is 3.83. The molecule has 1 aliphatic rings. The van der Waals surface area contributed by atoms with Crippen LogP contribution in [-0.4, -0.2) is 29.4 Å². The van der Waals surface area contributed by atoms with E-state index in [1.54, 1.807) is 6.20 Å². The molecule has 0 aromatic carbocycles. The number of hydrogen-bond acceptors (Lipinski definition) is 4. The highest BCUT2D eigenvalue weighted by atomic mass is 16.7. The quantitative estimate of drug-likeness (QED) is 0.782. The van der Waals surface area contributed by atoms with Gasteiger partial charge in [-0.1, -0.05) is 13.3 Å². The summed E-state index contributed by atoms with van der Waals surface area (Å²) in [6.07, 6.45) is 4.02. The summed E-state index contributed by atoms with van der Waals surface area (Å²) in [4.78, 5) is 4.27. The molecule has 1 saturated heterocycles. The summed E-state index contributed by atoms with van der Waals surface area (Å²) in [5, 5.41) is 0. The summed E-state index contributed by atoms with van der Waals surface area (Å²) in [6.45, 7) is 12.4. The summed E-state index contributed by atoms with van der Waals surface area (Å²) < 4.78 is 17.9. The van der Waals surface area contributed by atoms with Gasteiger partial charge in [-0.2, -0.15) is 0 Å². The van der Waals surface area contributed by atoms with Gasteiger partial charge in [0.05, 0.1) is 17.3 Å². The molecule has 0 N–H and O–H groups in total. The summed E-state index contributed by atoms with van der Waals surface area (Å²) in [5.41, 5.74) is 0.275. The van der Waals surface area contributed by atoms with Gasteiger partial charge in [0.25, 0.3) is 0 Å². The molecule has 1 atom stereocenters. The number of ether oxygens (including phenoxy) is 1. The molecule has 0 saturated carbocycles. The van der Waals surface area contributed by atoms with Crippen molar-refractivity contribution in [3.8, 4) is 5.88 Å². The Hall–Kier alpha value is -1.07. The predicted octanol–water partition coefficient (Wildman–Crippen LogP) is 2.95. The zero-order valence-electron chi connectivity index (χ0n) is 14.0. The van der Waals surface area contributed by atoms with Crippen LogP contribution in [-0.2, 0) is 9.31 Å². The van der Waals surface area contributed by atoms with E-state index in [1.807, 2.05) is 12.1 Å². The average molecular weight is 291 g/mol. The molecule has 0 amide bonds. The number of rotatable bonds is 5. The van der Waals surface area contributed by atoms with Crippen LogP contribution in [0.25, 0.3) is 0 Å². The number of aromatic nitrogens is 1. The van der Waals surface area contributed by atoms with Crippen molar-refractivity contribution in [2.75, 3.05) is 0 Å². The monoisotopic (exact) mass is 291 g/mol. The lowest BCUT2D eigenvalue weighted by molar-refractivity contribution is 0.00578. The van der Waals surface area contributed by atoms with Gasteiger partial charge in [-0.15, -0.1) is 0 Å². The third kappa shape index (κ3) is 3.58. The van der Waals surface area contributed by atoms with E-state index in [2.05, 4.69) is 46.5 Å². The molecule has 1 aliphatic heterocycles. The normalized spacial score (nSPS) is 21.3.